The smallest absolute Gasteiger partial charge is 0.410 e. The number of carbonyl (C=O) groups is 2. The molecule has 1 N–H and O–H groups in total. The summed E-state index contributed by atoms with van der Waals surface area (Å²) in [4.78, 5) is 24.9. The van der Waals surface area contributed by atoms with E-state index in [0.29, 0.717) is 5.92 Å². The summed E-state index contributed by atoms with van der Waals surface area (Å²) in [6, 6.07) is 6.81. The van der Waals surface area contributed by atoms with Crippen LogP contribution in [0.5, 0.6) is 0 Å². The molecule has 0 atom stereocenters. The molecule has 7 nitrogen and oxygen atoms in total. The predicted molar refractivity (Wildman–Crippen MR) is 110 cm³/mol. The summed E-state index contributed by atoms with van der Waals surface area (Å²) in [7, 11) is 0. The number of aromatic nitrogens is 2. The number of hydrogen-bond donors (Lipinski definition) is 1. The maximum Gasteiger partial charge on any atom is 0.410 e. The number of aryl methyl sites for hydroxylation is 1. The quantitative estimate of drug-likeness (QED) is 0.811. The second kappa shape index (κ2) is 8.68. The van der Waals surface area contributed by atoms with Gasteiger partial charge < -0.3 is 14.7 Å². The molecule has 0 saturated carbocycles. The van der Waals surface area contributed by atoms with Gasteiger partial charge in [0.05, 0.1) is 11.8 Å². The van der Waals surface area contributed by atoms with Crippen molar-refractivity contribution in [2.45, 2.75) is 52.2 Å². The molecular weight excluding hydrogens is 370 g/mol. The molecule has 1 aliphatic heterocycles. The van der Waals surface area contributed by atoms with Crippen molar-refractivity contribution in [1.29, 1.82) is 0 Å². The molecule has 1 amide bonds. The van der Waals surface area contributed by atoms with Crippen molar-refractivity contribution in [3.05, 3.63) is 42.2 Å². The van der Waals surface area contributed by atoms with Crippen molar-refractivity contribution < 1.29 is 19.4 Å². The number of aromatic carboxylic acids is 1. The molecule has 1 saturated heterocycles. The molecule has 0 aliphatic carbocycles. The van der Waals surface area contributed by atoms with E-state index in [2.05, 4.69) is 5.10 Å². The fraction of sp³-hybridized carbons (Fsp3) is 0.500. The van der Waals surface area contributed by atoms with E-state index in [0.717, 1.165) is 50.0 Å². The van der Waals surface area contributed by atoms with Gasteiger partial charge in [-0.3, -0.25) is 4.68 Å². The van der Waals surface area contributed by atoms with E-state index in [9.17, 15) is 9.59 Å². The topological polar surface area (TPSA) is 84.7 Å². The van der Waals surface area contributed by atoms with E-state index in [1.807, 2.05) is 31.6 Å². The number of hydrogen-bond acceptors (Lipinski definition) is 4. The van der Waals surface area contributed by atoms with Gasteiger partial charge in [-0.25, -0.2) is 9.59 Å². The zero-order valence-corrected chi connectivity index (χ0v) is 17.3. The number of nitrogens with zero attached hydrogens (tertiary/aromatic N) is 3. The van der Waals surface area contributed by atoms with Gasteiger partial charge in [0.1, 0.15) is 5.60 Å². The minimum atomic E-state index is -0.926. The Morgan fingerprint density at radius 1 is 1.14 bits per heavy atom. The van der Waals surface area contributed by atoms with Crippen molar-refractivity contribution in [1.82, 2.24) is 14.7 Å². The number of benzene rings is 1. The standard InChI is InChI=1S/C22H29N3O4/c1-22(2,3)29-21(28)24-11-8-16(9-12-24)10-13-25-15-19(14-23-25)17-4-6-18(7-5-17)20(26)27/h4-7,14-16H,8-13H2,1-3H3,(H,26,27). The van der Waals surface area contributed by atoms with Gasteiger partial charge in [-0.15, -0.1) is 0 Å². The van der Waals surface area contributed by atoms with Crippen LogP contribution in [0.3, 0.4) is 0 Å². The van der Waals surface area contributed by atoms with E-state index in [1.165, 1.54) is 0 Å². The largest absolute Gasteiger partial charge is 0.478 e. The van der Waals surface area contributed by atoms with Crippen LogP contribution in [-0.4, -0.2) is 50.5 Å². The van der Waals surface area contributed by atoms with Crippen molar-refractivity contribution in [3.8, 4) is 11.1 Å². The van der Waals surface area contributed by atoms with Crippen molar-refractivity contribution >= 4 is 12.1 Å². The molecule has 0 radical (unpaired) electrons. The number of carboxylic acid groups (broad SMARTS) is 1. The number of rotatable bonds is 5. The van der Waals surface area contributed by atoms with E-state index < -0.39 is 11.6 Å². The molecule has 156 valence electrons. The lowest BCUT2D eigenvalue weighted by atomic mass is 9.94. The number of amides is 1. The van der Waals surface area contributed by atoms with Gasteiger partial charge in [0.25, 0.3) is 0 Å². The highest BCUT2D eigenvalue weighted by Gasteiger charge is 2.26. The molecule has 7 heteroatoms. The minimum Gasteiger partial charge on any atom is -0.478 e. The molecular formula is C22H29N3O4. The molecule has 29 heavy (non-hydrogen) atoms. The molecule has 1 aliphatic rings. The normalized spacial score (nSPS) is 15.3. The fourth-order valence-corrected chi connectivity index (χ4v) is 3.49. The Labute approximate surface area is 171 Å². The third-order valence-corrected chi connectivity index (χ3v) is 5.13. The Morgan fingerprint density at radius 2 is 1.79 bits per heavy atom. The van der Waals surface area contributed by atoms with Crippen LogP contribution in [0.2, 0.25) is 0 Å². The number of carboxylic acids is 1. The highest BCUT2D eigenvalue weighted by Crippen LogP contribution is 2.24. The number of piperidine rings is 1. The van der Waals surface area contributed by atoms with Crippen LogP contribution >= 0.6 is 0 Å². The summed E-state index contributed by atoms with van der Waals surface area (Å²) in [5.74, 6) is -0.360. The number of ether oxygens (including phenoxy) is 1. The first-order valence-electron chi connectivity index (χ1n) is 10.1. The van der Waals surface area contributed by atoms with Crippen LogP contribution in [-0.2, 0) is 11.3 Å². The monoisotopic (exact) mass is 399 g/mol. The predicted octanol–water partition coefficient (Wildman–Crippen LogP) is 4.29. The lowest BCUT2D eigenvalue weighted by Crippen LogP contribution is -2.41. The summed E-state index contributed by atoms with van der Waals surface area (Å²) in [5.41, 5.74) is 1.74. The molecule has 2 aromatic rings. The molecule has 3 rings (SSSR count). The molecule has 0 bridgehead atoms. The van der Waals surface area contributed by atoms with Crippen LogP contribution in [0, 0.1) is 5.92 Å². The zero-order valence-electron chi connectivity index (χ0n) is 17.3. The summed E-state index contributed by atoms with van der Waals surface area (Å²) >= 11 is 0. The van der Waals surface area contributed by atoms with E-state index >= 15 is 0 Å². The van der Waals surface area contributed by atoms with Crippen LogP contribution < -0.4 is 0 Å². The fourth-order valence-electron chi connectivity index (χ4n) is 3.49. The number of likely N-dealkylation sites (tertiary alicyclic amines) is 1. The first-order chi connectivity index (χ1) is 13.7. The van der Waals surface area contributed by atoms with E-state index in [1.54, 1.807) is 35.4 Å². The zero-order chi connectivity index (χ0) is 21.0. The molecule has 0 unspecified atom stereocenters. The summed E-state index contributed by atoms with van der Waals surface area (Å²) in [5, 5.41) is 13.4. The van der Waals surface area contributed by atoms with Gasteiger partial charge in [-0.05, 0) is 63.6 Å². The van der Waals surface area contributed by atoms with Gasteiger partial charge in [0.15, 0.2) is 0 Å². The first-order valence-corrected chi connectivity index (χ1v) is 10.1. The molecule has 2 heterocycles. The maximum atomic E-state index is 12.2. The van der Waals surface area contributed by atoms with E-state index in [-0.39, 0.29) is 11.7 Å². The Bertz CT molecular complexity index is 844. The van der Waals surface area contributed by atoms with Crippen LogP contribution in [0.4, 0.5) is 4.79 Å². The van der Waals surface area contributed by atoms with Gasteiger partial charge >= 0.3 is 12.1 Å². The summed E-state index contributed by atoms with van der Waals surface area (Å²) in [6.07, 6.45) is 6.54. The van der Waals surface area contributed by atoms with E-state index in [4.69, 9.17) is 9.84 Å². The summed E-state index contributed by atoms with van der Waals surface area (Å²) < 4.78 is 7.38. The lowest BCUT2D eigenvalue weighted by Gasteiger charge is -2.33. The second-order valence-corrected chi connectivity index (χ2v) is 8.57. The Kier molecular flexibility index (Phi) is 6.25. The third kappa shape index (κ3) is 5.82. The first kappa shape index (κ1) is 20.9. The SMILES string of the molecule is CC(C)(C)OC(=O)N1CCC(CCn2cc(-c3ccc(C(=O)O)cc3)cn2)CC1. The van der Waals surface area contributed by atoms with Gasteiger partial charge in [0, 0.05) is 31.4 Å². The molecule has 1 aromatic carbocycles. The lowest BCUT2D eigenvalue weighted by molar-refractivity contribution is 0.0179. The van der Waals surface area contributed by atoms with Crippen LogP contribution in [0.1, 0.15) is 50.4 Å². The Hall–Kier alpha value is -2.83. The van der Waals surface area contributed by atoms with Crippen LogP contribution in [0.25, 0.3) is 11.1 Å². The maximum absolute atomic E-state index is 12.2. The third-order valence-electron chi connectivity index (χ3n) is 5.13. The van der Waals surface area contributed by atoms with Gasteiger partial charge in [-0.1, -0.05) is 12.1 Å². The van der Waals surface area contributed by atoms with Crippen molar-refractivity contribution in [3.63, 3.8) is 0 Å². The molecule has 1 fully saturated rings. The van der Waals surface area contributed by atoms with Gasteiger partial charge in [-0.2, -0.15) is 5.10 Å². The Morgan fingerprint density at radius 3 is 2.38 bits per heavy atom. The highest BCUT2D eigenvalue weighted by atomic mass is 16.6. The highest BCUT2D eigenvalue weighted by molar-refractivity contribution is 5.88. The van der Waals surface area contributed by atoms with Crippen molar-refractivity contribution in [2.75, 3.05) is 13.1 Å². The second-order valence-electron chi connectivity index (χ2n) is 8.57. The van der Waals surface area contributed by atoms with Gasteiger partial charge in [0.2, 0.25) is 0 Å². The van der Waals surface area contributed by atoms with Crippen molar-refractivity contribution in [2.24, 2.45) is 5.92 Å². The average Bonchev–Trinajstić information content (AvgIpc) is 3.14. The number of carbonyl (C=O) groups excluding carboxylic acids is 1. The summed E-state index contributed by atoms with van der Waals surface area (Å²) in [6.45, 7) is 7.95. The Balaban J connectivity index is 1.47. The minimum absolute atomic E-state index is 0.221. The van der Waals surface area contributed by atoms with Crippen LogP contribution in [0.15, 0.2) is 36.7 Å². The average molecular weight is 399 g/mol. The molecule has 0 spiro atoms. The molecule has 1 aromatic heterocycles.